The predicted molar refractivity (Wildman–Crippen MR) is 133 cm³/mol. The van der Waals surface area contributed by atoms with Gasteiger partial charge in [-0.2, -0.15) is 0 Å². The Balaban J connectivity index is 1.90. The first-order chi connectivity index (χ1) is 16.6. The summed E-state index contributed by atoms with van der Waals surface area (Å²) in [5, 5.41) is 3.19. The van der Waals surface area contributed by atoms with E-state index in [9.17, 15) is 9.59 Å². The van der Waals surface area contributed by atoms with Crippen LogP contribution in [0.2, 0.25) is 0 Å². The van der Waals surface area contributed by atoms with Crippen molar-refractivity contribution in [3.8, 4) is 11.5 Å². The lowest BCUT2D eigenvalue weighted by Gasteiger charge is -2.15. The van der Waals surface area contributed by atoms with Gasteiger partial charge < -0.3 is 19.5 Å². The lowest BCUT2D eigenvalue weighted by Crippen LogP contribution is -2.34. The minimum Gasteiger partial charge on any atom is -0.494 e. The zero-order valence-corrected chi connectivity index (χ0v) is 20.3. The molecule has 2 aromatic rings. The van der Waals surface area contributed by atoms with Gasteiger partial charge in [0.1, 0.15) is 17.2 Å². The standard InChI is InChI=1S/C27H34N2O5/c1-4-16-33-22-13-11-20(12-14-22)24-25(27(31)29(26(24)30)15-8-18-32-6-3)28-21-9-7-10-23(19-21)34-17-5-2/h7,9-14,19,28H,4-6,8,15-18H2,1-3H3. The number of benzene rings is 2. The molecule has 0 saturated carbocycles. The summed E-state index contributed by atoms with van der Waals surface area (Å²) in [5.41, 5.74) is 1.95. The molecular formula is C27H34N2O5. The van der Waals surface area contributed by atoms with E-state index in [-0.39, 0.29) is 17.5 Å². The van der Waals surface area contributed by atoms with E-state index in [0.29, 0.717) is 62.0 Å². The number of carbonyl (C=O) groups is 2. The number of hydrogen-bond acceptors (Lipinski definition) is 6. The Kier molecular flexibility index (Phi) is 9.52. The second-order valence-corrected chi connectivity index (χ2v) is 7.94. The molecule has 0 aliphatic carbocycles. The molecule has 0 spiro atoms. The summed E-state index contributed by atoms with van der Waals surface area (Å²) >= 11 is 0. The maximum atomic E-state index is 13.4. The zero-order chi connectivity index (χ0) is 24.3. The first-order valence-corrected chi connectivity index (χ1v) is 12.0. The third-order valence-corrected chi connectivity index (χ3v) is 5.23. The maximum absolute atomic E-state index is 13.4. The summed E-state index contributed by atoms with van der Waals surface area (Å²) in [5.74, 6) is 0.774. The topological polar surface area (TPSA) is 77.1 Å². The minimum absolute atomic E-state index is 0.260. The largest absolute Gasteiger partial charge is 0.494 e. The maximum Gasteiger partial charge on any atom is 0.278 e. The molecule has 0 aromatic heterocycles. The van der Waals surface area contributed by atoms with E-state index in [0.717, 1.165) is 18.6 Å². The normalized spacial score (nSPS) is 13.6. The number of nitrogens with zero attached hydrogens (tertiary/aromatic N) is 1. The second-order valence-electron chi connectivity index (χ2n) is 7.94. The van der Waals surface area contributed by atoms with Crippen LogP contribution in [0, 0.1) is 0 Å². The number of amides is 2. The molecule has 1 aliphatic rings. The van der Waals surface area contributed by atoms with Gasteiger partial charge in [-0.25, -0.2) is 0 Å². The summed E-state index contributed by atoms with van der Waals surface area (Å²) in [6.07, 6.45) is 2.39. The van der Waals surface area contributed by atoms with Gasteiger partial charge in [0.25, 0.3) is 11.8 Å². The first kappa shape index (κ1) is 25.3. The molecule has 0 fully saturated rings. The number of carbonyl (C=O) groups excluding carboxylic acids is 2. The van der Waals surface area contributed by atoms with Crippen molar-refractivity contribution >= 4 is 23.1 Å². The molecule has 1 aliphatic heterocycles. The van der Waals surface area contributed by atoms with Crippen LogP contribution in [0.15, 0.2) is 54.2 Å². The van der Waals surface area contributed by atoms with Gasteiger partial charge in [0, 0.05) is 31.5 Å². The summed E-state index contributed by atoms with van der Waals surface area (Å²) in [6.45, 7) is 8.62. The van der Waals surface area contributed by atoms with Gasteiger partial charge in [0.2, 0.25) is 0 Å². The lowest BCUT2D eigenvalue weighted by molar-refractivity contribution is -0.137. The van der Waals surface area contributed by atoms with Crippen LogP contribution in [0.3, 0.4) is 0 Å². The van der Waals surface area contributed by atoms with Crippen molar-refractivity contribution < 1.29 is 23.8 Å². The fourth-order valence-corrected chi connectivity index (χ4v) is 3.60. The van der Waals surface area contributed by atoms with Crippen molar-refractivity contribution in [1.82, 2.24) is 4.90 Å². The third-order valence-electron chi connectivity index (χ3n) is 5.23. The highest BCUT2D eigenvalue weighted by Gasteiger charge is 2.38. The molecule has 0 atom stereocenters. The molecule has 2 amide bonds. The van der Waals surface area contributed by atoms with E-state index < -0.39 is 0 Å². The van der Waals surface area contributed by atoms with Gasteiger partial charge in [0.05, 0.1) is 18.8 Å². The highest BCUT2D eigenvalue weighted by molar-refractivity contribution is 6.36. The quantitative estimate of drug-likeness (QED) is 0.316. The van der Waals surface area contributed by atoms with Crippen molar-refractivity contribution in [2.75, 3.05) is 38.3 Å². The number of imide groups is 1. The molecule has 2 aromatic carbocycles. The smallest absolute Gasteiger partial charge is 0.278 e. The Morgan fingerprint density at radius 1 is 0.824 bits per heavy atom. The molecule has 7 nitrogen and oxygen atoms in total. The summed E-state index contributed by atoms with van der Waals surface area (Å²) < 4.78 is 16.8. The van der Waals surface area contributed by atoms with E-state index >= 15 is 0 Å². The number of rotatable bonds is 14. The number of ether oxygens (including phenoxy) is 3. The first-order valence-electron chi connectivity index (χ1n) is 12.0. The van der Waals surface area contributed by atoms with Crippen LogP contribution in [0.5, 0.6) is 11.5 Å². The SMILES string of the molecule is CCCOc1ccc(C2=C(Nc3cccc(OCCC)c3)C(=O)N(CCCOCC)C2=O)cc1. The van der Waals surface area contributed by atoms with E-state index in [1.165, 1.54) is 4.90 Å². The molecule has 1 N–H and O–H groups in total. The fourth-order valence-electron chi connectivity index (χ4n) is 3.60. The fraction of sp³-hybridized carbons (Fsp3) is 0.407. The highest BCUT2D eigenvalue weighted by Crippen LogP contribution is 2.32. The number of nitrogens with one attached hydrogen (secondary N) is 1. The van der Waals surface area contributed by atoms with Crippen LogP contribution in [-0.2, 0) is 14.3 Å². The Labute approximate surface area is 201 Å². The van der Waals surface area contributed by atoms with Crippen LogP contribution < -0.4 is 14.8 Å². The van der Waals surface area contributed by atoms with Crippen molar-refractivity contribution in [2.45, 2.75) is 40.0 Å². The summed E-state index contributed by atoms with van der Waals surface area (Å²) in [7, 11) is 0. The van der Waals surface area contributed by atoms with Gasteiger partial charge in [-0.3, -0.25) is 14.5 Å². The Bertz CT molecular complexity index is 1000. The zero-order valence-electron chi connectivity index (χ0n) is 20.3. The van der Waals surface area contributed by atoms with Crippen LogP contribution >= 0.6 is 0 Å². The molecule has 0 saturated heterocycles. The van der Waals surface area contributed by atoms with Gasteiger partial charge >= 0.3 is 0 Å². The Hall–Kier alpha value is -3.32. The van der Waals surface area contributed by atoms with Gasteiger partial charge in [-0.15, -0.1) is 0 Å². The van der Waals surface area contributed by atoms with Gasteiger partial charge in [-0.1, -0.05) is 32.0 Å². The molecule has 1 heterocycles. The van der Waals surface area contributed by atoms with Gasteiger partial charge in [-0.05, 0) is 56.0 Å². The van der Waals surface area contributed by atoms with Crippen molar-refractivity contribution in [3.63, 3.8) is 0 Å². The average Bonchev–Trinajstić information content (AvgIpc) is 3.08. The van der Waals surface area contributed by atoms with Gasteiger partial charge in [0.15, 0.2) is 0 Å². The Morgan fingerprint density at radius 3 is 2.21 bits per heavy atom. The molecule has 7 heteroatoms. The predicted octanol–water partition coefficient (Wildman–Crippen LogP) is 4.88. The molecule has 0 unspecified atom stereocenters. The summed E-state index contributed by atoms with van der Waals surface area (Å²) in [6, 6.07) is 14.7. The average molecular weight is 467 g/mol. The molecular weight excluding hydrogens is 432 g/mol. The second kappa shape index (κ2) is 12.8. The van der Waals surface area contributed by atoms with Crippen molar-refractivity contribution in [3.05, 3.63) is 59.8 Å². The molecule has 182 valence electrons. The van der Waals surface area contributed by atoms with Crippen molar-refractivity contribution in [1.29, 1.82) is 0 Å². The monoisotopic (exact) mass is 466 g/mol. The molecule has 0 radical (unpaired) electrons. The highest BCUT2D eigenvalue weighted by atomic mass is 16.5. The number of anilines is 1. The Morgan fingerprint density at radius 2 is 1.53 bits per heavy atom. The minimum atomic E-state index is -0.345. The van der Waals surface area contributed by atoms with E-state index in [1.807, 2.05) is 69.3 Å². The summed E-state index contributed by atoms with van der Waals surface area (Å²) in [4.78, 5) is 28.0. The van der Waals surface area contributed by atoms with Crippen LogP contribution in [0.4, 0.5) is 5.69 Å². The van der Waals surface area contributed by atoms with E-state index in [2.05, 4.69) is 5.32 Å². The van der Waals surface area contributed by atoms with Crippen LogP contribution in [-0.4, -0.2) is 49.7 Å². The van der Waals surface area contributed by atoms with E-state index in [4.69, 9.17) is 14.2 Å². The molecule has 34 heavy (non-hydrogen) atoms. The van der Waals surface area contributed by atoms with Crippen molar-refractivity contribution in [2.24, 2.45) is 0 Å². The van der Waals surface area contributed by atoms with Crippen LogP contribution in [0.25, 0.3) is 5.57 Å². The lowest BCUT2D eigenvalue weighted by atomic mass is 10.0. The third kappa shape index (κ3) is 6.38. The molecule has 3 rings (SSSR count). The van der Waals surface area contributed by atoms with E-state index in [1.54, 1.807) is 0 Å². The van der Waals surface area contributed by atoms with Crippen LogP contribution in [0.1, 0.15) is 45.6 Å². The molecule has 0 bridgehead atoms. The number of hydrogen-bond donors (Lipinski definition) is 1.